The molecule has 2 unspecified atom stereocenters. The lowest BCUT2D eigenvalue weighted by Gasteiger charge is -2.27. The first-order valence-electron chi connectivity index (χ1n) is 9.24. The third-order valence-corrected chi connectivity index (χ3v) is 5.34. The number of hydrogen-bond donors (Lipinski definition) is 1. The van der Waals surface area contributed by atoms with Crippen LogP contribution in [0.3, 0.4) is 0 Å². The molecule has 1 aliphatic carbocycles. The average molecular weight is 374 g/mol. The molecule has 134 valence electrons. The Balaban J connectivity index is 1.83. The van der Waals surface area contributed by atoms with Crippen molar-refractivity contribution < 1.29 is 0 Å². The van der Waals surface area contributed by atoms with E-state index in [0.29, 0.717) is 5.02 Å². The second-order valence-corrected chi connectivity index (χ2v) is 7.34. The Labute approximate surface area is 164 Å². The number of halogens is 1. The molecule has 1 N–H and O–H groups in total. The maximum absolute atomic E-state index is 9.29. The van der Waals surface area contributed by atoms with Gasteiger partial charge in [-0.15, -0.1) is 0 Å². The summed E-state index contributed by atoms with van der Waals surface area (Å²) >= 11 is 6.36. The molecule has 1 heterocycles. The van der Waals surface area contributed by atoms with Gasteiger partial charge in [-0.1, -0.05) is 49.2 Å². The molecule has 1 aromatic heterocycles. The first-order valence-corrected chi connectivity index (χ1v) is 9.62. The van der Waals surface area contributed by atoms with Crippen molar-refractivity contribution in [2.75, 3.05) is 0 Å². The zero-order valence-electron chi connectivity index (χ0n) is 15.1. The van der Waals surface area contributed by atoms with Crippen molar-refractivity contribution in [3.05, 3.63) is 76.9 Å². The molecule has 4 heteroatoms. The lowest BCUT2D eigenvalue weighted by molar-refractivity contribution is 0.523. The molecule has 0 amide bonds. The highest BCUT2D eigenvalue weighted by Crippen LogP contribution is 2.40. The second kappa shape index (κ2) is 7.42. The van der Waals surface area contributed by atoms with Gasteiger partial charge in [0.25, 0.3) is 0 Å². The normalized spacial score (nSPS) is 19.1. The van der Waals surface area contributed by atoms with E-state index in [1.807, 2.05) is 48.5 Å². The summed E-state index contributed by atoms with van der Waals surface area (Å²) in [5.74, 6) is 1.29. The summed E-state index contributed by atoms with van der Waals surface area (Å²) in [5.41, 5.74) is 4.90. The lowest BCUT2D eigenvalue weighted by atomic mass is 9.77. The van der Waals surface area contributed by atoms with Crippen LogP contribution in [0.1, 0.15) is 31.2 Å². The van der Waals surface area contributed by atoms with Gasteiger partial charge in [-0.2, -0.15) is 5.26 Å². The highest BCUT2D eigenvalue weighted by Gasteiger charge is 2.25. The number of H-pyrrole nitrogens is 1. The highest BCUT2D eigenvalue weighted by molar-refractivity contribution is 6.30. The summed E-state index contributed by atoms with van der Waals surface area (Å²) in [7, 11) is 0. The van der Waals surface area contributed by atoms with E-state index in [1.54, 1.807) is 0 Å². The first-order chi connectivity index (χ1) is 13.2. The van der Waals surface area contributed by atoms with Crippen molar-refractivity contribution in [2.24, 2.45) is 5.92 Å². The number of nitrogens with zero attached hydrogens (tertiary/aromatic N) is 2. The van der Waals surface area contributed by atoms with E-state index in [9.17, 15) is 5.26 Å². The van der Waals surface area contributed by atoms with Gasteiger partial charge in [0.05, 0.1) is 17.1 Å². The molecule has 0 spiro atoms. The van der Waals surface area contributed by atoms with Gasteiger partial charge in [-0.3, -0.25) is 0 Å². The number of imidazole rings is 1. The van der Waals surface area contributed by atoms with Crippen LogP contribution in [0.5, 0.6) is 0 Å². The summed E-state index contributed by atoms with van der Waals surface area (Å²) in [6.45, 7) is 2.17. The summed E-state index contributed by atoms with van der Waals surface area (Å²) in [6.07, 6.45) is 8.23. The van der Waals surface area contributed by atoms with Crippen molar-refractivity contribution in [1.29, 1.82) is 5.26 Å². The van der Waals surface area contributed by atoms with E-state index in [-0.39, 0.29) is 11.8 Å². The minimum absolute atomic E-state index is 0.170. The fourth-order valence-electron chi connectivity index (χ4n) is 3.85. The SMILES string of the molecule is CCCC1C=C(C#N)C=CC1c1cc(Cl)ccc1-c1nc2ccccc2[nH]1. The first kappa shape index (κ1) is 17.6. The van der Waals surface area contributed by atoms with E-state index in [1.165, 1.54) is 0 Å². The molecule has 0 radical (unpaired) electrons. The van der Waals surface area contributed by atoms with Gasteiger partial charge in [-0.05, 0) is 54.3 Å². The van der Waals surface area contributed by atoms with Gasteiger partial charge in [0.15, 0.2) is 0 Å². The maximum Gasteiger partial charge on any atom is 0.138 e. The van der Waals surface area contributed by atoms with E-state index < -0.39 is 0 Å². The van der Waals surface area contributed by atoms with Crippen molar-refractivity contribution in [3.63, 3.8) is 0 Å². The number of aromatic nitrogens is 2. The van der Waals surface area contributed by atoms with E-state index in [4.69, 9.17) is 16.6 Å². The number of rotatable bonds is 4. The molecule has 27 heavy (non-hydrogen) atoms. The lowest BCUT2D eigenvalue weighted by Crippen LogP contribution is -2.13. The van der Waals surface area contributed by atoms with Crippen LogP contribution in [-0.4, -0.2) is 9.97 Å². The van der Waals surface area contributed by atoms with Crippen LogP contribution in [0.4, 0.5) is 0 Å². The van der Waals surface area contributed by atoms with Crippen LogP contribution in [0, 0.1) is 17.2 Å². The zero-order valence-corrected chi connectivity index (χ0v) is 15.9. The van der Waals surface area contributed by atoms with E-state index in [2.05, 4.69) is 30.1 Å². The molecule has 4 rings (SSSR count). The monoisotopic (exact) mass is 373 g/mol. The number of hydrogen-bond acceptors (Lipinski definition) is 2. The Kier molecular flexibility index (Phi) is 4.83. The molecule has 3 nitrogen and oxygen atoms in total. The molecule has 0 bridgehead atoms. The number of para-hydroxylation sites is 2. The Morgan fingerprint density at radius 2 is 2.07 bits per heavy atom. The highest BCUT2D eigenvalue weighted by atomic mass is 35.5. The molecule has 1 aliphatic rings. The van der Waals surface area contributed by atoms with E-state index >= 15 is 0 Å². The third-order valence-electron chi connectivity index (χ3n) is 5.11. The second-order valence-electron chi connectivity index (χ2n) is 6.91. The Morgan fingerprint density at radius 3 is 2.85 bits per heavy atom. The molecular weight excluding hydrogens is 354 g/mol. The van der Waals surface area contributed by atoms with Crippen LogP contribution < -0.4 is 0 Å². The van der Waals surface area contributed by atoms with Gasteiger partial charge >= 0.3 is 0 Å². The zero-order chi connectivity index (χ0) is 18.8. The smallest absolute Gasteiger partial charge is 0.138 e. The Bertz CT molecular complexity index is 1050. The molecule has 2 aromatic carbocycles. The number of fused-ring (bicyclic) bond motifs is 1. The van der Waals surface area contributed by atoms with E-state index in [0.717, 1.165) is 46.4 Å². The standard InChI is InChI=1S/C23H20ClN3/c1-2-5-16-12-15(14-25)8-10-18(16)20-13-17(24)9-11-19(20)23-26-21-6-3-4-7-22(21)27-23/h3-4,6-13,16,18H,2,5H2,1H3,(H,26,27). The van der Waals surface area contributed by atoms with Crippen molar-refractivity contribution >= 4 is 22.6 Å². The average Bonchev–Trinajstić information content (AvgIpc) is 3.12. The number of benzene rings is 2. The van der Waals surface area contributed by atoms with Gasteiger partial charge in [0.1, 0.15) is 5.82 Å². The maximum atomic E-state index is 9.29. The number of nitrogens with one attached hydrogen (secondary N) is 1. The van der Waals surface area contributed by atoms with Gasteiger partial charge in [0.2, 0.25) is 0 Å². The summed E-state index contributed by atoms with van der Waals surface area (Å²) in [5, 5.41) is 10.00. The molecule has 0 saturated heterocycles. The van der Waals surface area contributed by atoms with Crippen LogP contribution in [0.15, 0.2) is 66.3 Å². The molecule has 2 atom stereocenters. The number of allylic oxidation sites excluding steroid dienone is 4. The predicted molar refractivity (Wildman–Crippen MR) is 111 cm³/mol. The fourth-order valence-corrected chi connectivity index (χ4v) is 4.03. The predicted octanol–water partition coefficient (Wildman–Crippen LogP) is 6.40. The van der Waals surface area contributed by atoms with Crippen LogP contribution >= 0.6 is 11.6 Å². The van der Waals surface area contributed by atoms with Crippen LogP contribution in [0.25, 0.3) is 22.4 Å². The van der Waals surface area contributed by atoms with Crippen molar-refractivity contribution in [3.8, 4) is 17.5 Å². The molecule has 3 aromatic rings. The largest absolute Gasteiger partial charge is 0.338 e. The number of aromatic amines is 1. The molecular formula is C23H20ClN3. The number of nitriles is 1. The van der Waals surface area contributed by atoms with Gasteiger partial charge in [0, 0.05) is 22.1 Å². The minimum atomic E-state index is 0.170. The summed E-state index contributed by atoms with van der Waals surface area (Å²) < 4.78 is 0. The van der Waals surface area contributed by atoms with Gasteiger partial charge < -0.3 is 4.98 Å². The Hall–Kier alpha value is -2.83. The van der Waals surface area contributed by atoms with Crippen LogP contribution in [-0.2, 0) is 0 Å². The topological polar surface area (TPSA) is 52.5 Å². The Morgan fingerprint density at radius 1 is 1.22 bits per heavy atom. The molecule has 0 aliphatic heterocycles. The fraction of sp³-hybridized carbons (Fsp3) is 0.217. The van der Waals surface area contributed by atoms with Crippen LogP contribution in [0.2, 0.25) is 5.02 Å². The summed E-state index contributed by atoms with van der Waals surface area (Å²) in [4.78, 5) is 8.21. The minimum Gasteiger partial charge on any atom is -0.338 e. The van der Waals surface area contributed by atoms with Gasteiger partial charge in [-0.25, -0.2) is 4.98 Å². The summed E-state index contributed by atoms with van der Waals surface area (Å²) in [6, 6.07) is 16.3. The quantitative estimate of drug-likeness (QED) is 0.575. The molecule has 0 fully saturated rings. The van der Waals surface area contributed by atoms with Crippen molar-refractivity contribution in [2.45, 2.75) is 25.7 Å². The van der Waals surface area contributed by atoms with Crippen molar-refractivity contribution in [1.82, 2.24) is 9.97 Å². The third kappa shape index (κ3) is 3.41. The molecule has 0 saturated carbocycles.